The number of esters is 1. The molecule has 10 heteroatoms. The number of rotatable bonds is 15. The van der Waals surface area contributed by atoms with Crippen LogP contribution in [0.1, 0.15) is 25.7 Å². The minimum absolute atomic E-state index is 0.0813. The Morgan fingerprint density at radius 2 is 1.58 bits per heavy atom. The van der Waals surface area contributed by atoms with E-state index in [1.54, 1.807) is 6.26 Å². The monoisotopic (exact) mass is 340 g/mol. The van der Waals surface area contributed by atoms with Crippen LogP contribution in [0.15, 0.2) is 0 Å². The highest BCUT2D eigenvalue weighted by Crippen LogP contribution is 2.05. The van der Waals surface area contributed by atoms with Crippen LogP contribution in [-0.2, 0) is 28.6 Å². The maximum Gasteiger partial charge on any atom is 0.348 e. The first-order valence-corrected chi connectivity index (χ1v) is 7.34. The molecule has 0 saturated carbocycles. The predicted octanol–water partition coefficient (Wildman–Crippen LogP) is 0.473. The van der Waals surface area contributed by atoms with Crippen LogP contribution in [0.25, 0.3) is 0 Å². The third kappa shape index (κ3) is 13.0. The third-order valence-electron chi connectivity index (χ3n) is 2.56. The number of carbonyl (C=O) groups excluding carboxylic acids is 1. The van der Waals surface area contributed by atoms with E-state index in [2.05, 4.69) is 19.7 Å². The van der Waals surface area contributed by atoms with E-state index in [1.807, 2.05) is 0 Å². The molecule has 0 radical (unpaired) electrons. The fourth-order valence-electron chi connectivity index (χ4n) is 1.48. The zero-order chi connectivity index (χ0) is 17.9. The lowest BCUT2D eigenvalue weighted by Crippen LogP contribution is -2.27. The Balaban J connectivity index is 3.72. The minimum atomic E-state index is -0.974. The van der Waals surface area contributed by atoms with E-state index in [-0.39, 0.29) is 19.6 Å². The summed E-state index contributed by atoms with van der Waals surface area (Å²) in [7, 11) is 0. The summed E-state index contributed by atoms with van der Waals surface area (Å²) < 4.78 is 18.5. The Labute approximate surface area is 140 Å². The smallest absolute Gasteiger partial charge is 0.348 e. The van der Waals surface area contributed by atoms with Crippen LogP contribution in [0.3, 0.4) is 0 Å². The van der Waals surface area contributed by atoms with Crippen molar-refractivity contribution < 1.29 is 28.6 Å². The van der Waals surface area contributed by atoms with Crippen LogP contribution in [-0.4, -0.2) is 45.0 Å². The van der Waals surface area contributed by atoms with Gasteiger partial charge in [0.15, 0.2) is 0 Å². The predicted molar refractivity (Wildman–Crippen MR) is 77.0 cm³/mol. The molecule has 132 valence electrons. The van der Waals surface area contributed by atoms with Gasteiger partial charge in [0, 0.05) is 19.4 Å². The topological polar surface area (TPSA) is 147 Å². The van der Waals surface area contributed by atoms with Gasteiger partial charge in [0.1, 0.15) is 13.2 Å². The molecule has 0 aliphatic heterocycles. The van der Waals surface area contributed by atoms with Crippen molar-refractivity contribution in [1.82, 2.24) is 5.48 Å². The molecule has 1 N–H and O–H groups in total. The lowest BCUT2D eigenvalue weighted by atomic mass is 10.2. The Kier molecular flexibility index (Phi) is 14.7. The summed E-state index contributed by atoms with van der Waals surface area (Å²) in [6.07, 6.45) is 5.33. The summed E-state index contributed by atoms with van der Waals surface area (Å²) >= 11 is 0. The second-order valence-electron chi connectivity index (χ2n) is 4.34. The number of hydrogen-bond acceptors (Lipinski definition) is 10. The zero-order valence-corrected chi connectivity index (χ0v) is 13.2. The number of ether oxygens (including phenoxy) is 4. The van der Waals surface area contributed by atoms with Crippen molar-refractivity contribution in [2.45, 2.75) is 31.8 Å². The van der Waals surface area contributed by atoms with Crippen molar-refractivity contribution in [3.63, 3.8) is 0 Å². The fourth-order valence-corrected chi connectivity index (χ4v) is 1.48. The van der Waals surface area contributed by atoms with Crippen LogP contribution in [0.2, 0.25) is 0 Å². The Morgan fingerprint density at radius 3 is 2.21 bits per heavy atom. The normalized spacial score (nSPS) is 10.5. The maximum absolute atomic E-state index is 11.7. The van der Waals surface area contributed by atoms with Gasteiger partial charge in [0.2, 0.25) is 6.10 Å². The lowest BCUT2D eigenvalue weighted by Gasteiger charge is -2.13. The fraction of sp³-hybridized carbons (Fsp3) is 0.714. The molecule has 0 rings (SSSR count). The lowest BCUT2D eigenvalue weighted by molar-refractivity contribution is -0.154. The molecule has 0 saturated heterocycles. The summed E-state index contributed by atoms with van der Waals surface area (Å²) in [5.74, 6) is -0.636. The van der Waals surface area contributed by atoms with Crippen molar-refractivity contribution in [3.05, 3.63) is 0 Å². The number of nitriles is 3. The second kappa shape index (κ2) is 16.6. The summed E-state index contributed by atoms with van der Waals surface area (Å²) in [5, 5.41) is 24.9. The van der Waals surface area contributed by atoms with Gasteiger partial charge in [-0.1, -0.05) is 0 Å². The highest BCUT2D eigenvalue weighted by Gasteiger charge is 2.21. The van der Waals surface area contributed by atoms with Crippen LogP contribution >= 0.6 is 0 Å². The first kappa shape index (κ1) is 21.3. The first-order valence-electron chi connectivity index (χ1n) is 7.34. The van der Waals surface area contributed by atoms with Crippen LogP contribution in [0, 0.1) is 34.6 Å². The quantitative estimate of drug-likeness (QED) is 0.193. The molecular formula is C14H20N4O6. The molecule has 0 heterocycles. The Bertz CT molecular complexity index is 454. The molecule has 0 aromatic heterocycles. The molecule has 0 bridgehead atoms. The maximum atomic E-state index is 11.7. The average molecular weight is 340 g/mol. The third-order valence-corrected chi connectivity index (χ3v) is 2.56. The van der Waals surface area contributed by atoms with E-state index in [1.165, 1.54) is 12.5 Å². The molecule has 0 aromatic carbocycles. The van der Waals surface area contributed by atoms with Crippen molar-refractivity contribution in [2.75, 3.05) is 33.0 Å². The van der Waals surface area contributed by atoms with Crippen molar-refractivity contribution in [2.24, 2.45) is 0 Å². The van der Waals surface area contributed by atoms with E-state index in [4.69, 9.17) is 25.4 Å². The van der Waals surface area contributed by atoms with Gasteiger partial charge in [0.25, 0.3) is 18.8 Å². The van der Waals surface area contributed by atoms with Crippen molar-refractivity contribution in [1.29, 1.82) is 15.8 Å². The first-order chi connectivity index (χ1) is 11.8. The van der Waals surface area contributed by atoms with E-state index in [9.17, 15) is 4.79 Å². The molecule has 0 amide bonds. The molecule has 24 heavy (non-hydrogen) atoms. The summed E-state index contributed by atoms with van der Waals surface area (Å²) in [6.45, 7) is 1.37. The van der Waals surface area contributed by atoms with E-state index < -0.39 is 12.1 Å². The zero-order valence-electron chi connectivity index (χ0n) is 13.2. The van der Waals surface area contributed by atoms with Crippen LogP contribution in [0.4, 0.5) is 0 Å². The van der Waals surface area contributed by atoms with Crippen molar-refractivity contribution >= 4 is 5.97 Å². The summed E-state index contributed by atoms with van der Waals surface area (Å²) in [4.78, 5) is 16.8. The van der Waals surface area contributed by atoms with E-state index in [0.29, 0.717) is 39.0 Å². The van der Waals surface area contributed by atoms with Gasteiger partial charge in [-0.15, -0.1) is 0 Å². The number of hydroxylamine groups is 1. The molecule has 0 aliphatic rings. The average Bonchev–Trinajstić information content (AvgIpc) is 2.59. The highest BCUT2D eigenvalue weighted by molar-refractivity contribution is 5.74. The van der Waals surface area contributed by atoms with Gasteiger partial charge in [0.05, 0.1) is 13.2 Å². The van der Waals surface area contributed by atoms with Gasteiger partial charge in [-0.2, -0.15) is 15.8 Å². The Morgan fingerprint density at radius 1 is 0.917 bits per heavy atom. The van der Waals surface area contributed by atoms with Gasteiger partial charge in [-0.3, -0.25) is 0 Å². The minimum Gasteiger partial charge on any atom is -0.463 e. The number of nitrogens with one attached hydrogen (secondary N) is 1. The number of carbonyl (C=O) groups is 1. The SMILES string of the molecule is N#COCCCONCCCC(OC#N)C(=O)OCCCOC#N. The van der Waals surface area contributed by atoms with Crippen LogP contribution < -0.4 is 5.48 Å². The summed E-state index contributed by atoms with van der Waals surface area (Å²) in [6, 6.07) is 0. The molecule has 1 atom stereocenters. The second-order valence-corrected chi connectivity index (χ2v) is 4.34. The molecule has 0 aromatic rings. The van der Waals surface area contributed by atoms with Gasteiger partial charge < -0.3 is 23.8 Å². The van der Waals surface area contributed by atoms with Gasteiger partial charge in [-0.05, 0) is 12.8 Å². The molecule has 0 aliphatic carbocycles. The number of hydrogen-bond donors (Lipinski definition) is 1. The molecular weight excluding hydrogens is 320 g/mol. The highest BCUT2D eigenvalue weighted by atomic mass is 16.6. The number of nitrogens with zero attached hydrogens (tertiary/aromatic N) is 3. The van der Waals surface area contributed by atoms with Crippen molar-refractivity contribution in [3.8, 4) is 18.8 Å². The Hall–Kier alpha value is -2.74. The molecule has 0 fully saturated rings. The standard InChI is InChI=1S/C14H20N4O6/c15-10-20-6-2-8-22-14(19)13(23-12-17)4-1-5-18-24-9-3-7-21-11-16/h13,18H,1-9H2. The van der Waals surface area contributed by atoms with E-state index in [0.717, 1.165) is 0 Å². The van der Waals surface area contributed by atoms with Gasteiger partial charge in [-0.25, -0.2) is 10.3 Å². The van der Waals surface area contributed by atoms with Crippen LogP contribution in [0.5, 0.6) is 0 Å². The largest absolute Gasteiger partial charge is 0.463 e. The molecule has 10 nitrogen and oxygen atoms in total. The molecule has 0 spiro atoms. The van der Waals surface area contributed by atoms with E-state index >= 15 is 0 Å². The summed E-state index contributed by atoms with van der Waals surface area (Å²) in [5.41, 5.74) is 2.69. The molecule has 1 unspecified atom stereocenters. The van der Waals surface area contributed by atoms with Gasteiger partial charge >= 0.3 is 5.97 Å².